The van der Waals surface area contributed by atoms with Gasteiger partial charge in [-0.25, -0.2) is 4.98 Å². The highest BCUT2D eigenvalue weighted by Crippen LogP contribution is 2.19. The van der Waals surface area contributed by atoms with Crippen molar-refractivity contribution >= 4 is 29.0 Å². The van der Waals surface area contributed by atoms with Crippen molar-refractivity contribution in [2.45, 2.75) is 13.1 Å². The predicted molar refractivity (Wildman–Crippen MR) is 85.4 cm³/mol. The van der Waals surface area contributed by atoms with Gasteiger partial charge in [0.05, 0.1) is 10.7 Å². The smallest absolute Gasteiger partial charge is 0.126 e. The molecule has 0 fully saturated rings. The summed E-state index contributed by atoms with van der Waals surface area (Å²) in [7, 11) is 3.88. The van der Waals surface area contributed by atoms with Crippen LogP contribution in [-0.2, 0) is 13.1 Å². The number of halogens is 2. The Bertz CT molecular complexity index is 587. The Morgan fingerprint density at radius 1 is 1.15 bits per heavy atom. The van der Waals surface area contributed by atoms with Crippen LogP contribution in [0.1, 0.15) is 11.3 Å². The van der Waals surface area contributed by atoms with Crippen LogP contribution in [0.4, 0.5) is 5.82 Å². The van der Waals surface area contributed by atoms with Gasteiger partial charge in [0.2, 0.25) is 0 Å². The lowest BCUT2D eigenvalue weighted by atomic mass is 10.2. The van der Waals surface area contributed by atoms with Gasteiger partial charge in [0.15, 0.2) is 0 Å². The SMILES string of the molecule is CNc1ccc(Cl)c(CN(C)Cc2cccc(Cl)c2)n1. The van der Waals surface area contributed by atoms with Crippen LogP contribution in [0.25, 0.3) is 0 Å². The third kappa shape index (κ3) is 4.10. The van der Waals surface area contributed by atoms with Gasteiger partial charge in [0.25, 0.3) is 0 Å². The van der Waals surface area contributed by atoms with E-state index in [0.717, 1.165) is 23.1 Å². The minimum absolute atomic E-state index is 0.681. The van der Waals surface area contributed by atoms with E-state index in [0.29, 0.717) is 11.6 Å². The lowest BCUT2D eigenvalue weighted by molar-refractivity contribution is 0.315. The molecule has 106 valence electrons. The van der Waals surface area contributed by atoms with E-state index in [2.05, 4.69) is 21.3 Å². The van der Waals surface area contributed by atoms with Crippen LogP contribution in [0.5, 0.6) is 0 Å². The Kier molecular flexibility index (Phi) is 5.24. The zero-order valence-electron chi connectivity index (χ0n) is 11.5. The Balaban J connectivity index is 2.06. The first-order chi connectivity index (χ1) is 9.58. The summed E-state index contributed by atoms with van der Waals surface area (Å²) in [5, 5.41) is 4.46. The second-order valence-electron chi connectivity index (χ2n) is 4.68. The summed E-state index contributed by atoms with van der Waals surface area (Å²) in [6, 6.07) is 11.6. The van der Waals surface area contributed by atoms with Gasteiger partial charge in [0, 0.05) is 25.2 Å². The molecule has 0 amide bonds. The van der Waals surface area contributed by atoms with Crippen LogP contribution in [0.15, 0.2) is 36.4 Å². The Hall–Kier alpha value is -1.29. The third-order valence-electron chi connectivity index (χ3n) is 2.94. The van der Waals surface area contributed by atoms with E-state index in [1.807, 2.05) is 44.4 Å². The minimum atomic E-state index is 0.681. The quantitative estimate of drug-likeness (QED) is 0.902. The predicted octanol–water partition coefficient (Wildman–Crippen LogP) is 4.06. The molecule has 2 aromatic rings. The topological polar surface area (TPSA) is 28.2 Å². The van der Waals surface area contributed by atoms with Gasteiger partial charge in [-0.15, -0.1) is 0 Å². The van der Waals surface area contributed by atoms with Crippen LogP contribution in [-0.4, -0.2) is 24.0 Å². The Morgan fingerprint density at radius 3 is 2.65 bits per heavy atom. The number of anilines is 1. The van der Waals surface area contributed by atoms with E-state index in [9.17, 15) is 0 Å². The van der Waals surface area contributed by atoms with Gasteiger partial charge in [-0.3, -0.25) is 4.90 Å². The molecule has 2 rings (SSSR count). The van der Waals surface area contributed by atoms with Gasteiger partial charge in [-0.05, 0) is 36.9 Å². The molecule has 0 radical (unpaired) electrons. The van der Waals surface area contributed by atoms with Crippen molar-refractivity contribution in [3.05, 3.63) is 57.7 Å². The standard InChI is InChI=1S/C15H17Cl2N3/c1-18-15-7-6-13(17)14(19-15)10-20(2)9-11-4-3-5-12(16)8-11/h3-8H,9-10H2,1-2H3,(H,18,19). The van der Waals surface area contributed by atoms with Crippen LogP contribution in [0, 0.1) is 0 Å². The van der Waals surface area contributed by atoms with Crippen molar-refractivity contribution in [2.75, 3.05) is 19.4 Å². The highest BCUT2D eigenvalue weighted by Gasteiger charge is 2.08. The van der Waals surface area contributed by atoms with E-state index >= 15 is 0 Å². The molecule has 0 saturated carbocycles. The highest BCUT2D eigenvalue weighted by atomic mass is 35.5. The molecule has 1 aromatic heterocycles. The molecule has 1 aromatic carbocycles. The number of pyridine rings is 1. The fourth-order valence-corrected chi connectivity index (χ4v) is 2.37. The van der Waals surface area contributed by atoms with E-state index in [-0.39, 0.29) is 0 Å². The summed E-state index contributed by atoms with van der Waals surface area (Å²) in [5.41, 5.74) is 2.03. The lowest BCUT2D eigenvalue weighted by Crippen LogP contribution is -2.18. The summed E-state index contributed by atoms with van der Waals surface area (Å²) in [5.74, 6) is 0.820. The summed E-state index contributed by atoms with van der Waals surface area (Å²) >= 11 is 12.2. The van der Waals surface area contributed by atoms with Crippen molar-refractivity contribution in [3.63, 3.8) is 0 Å². The maximum absolute atomic E-state index is 6.19. The van der Waals surface area contributed by atoms with E-state index in [4.69, 9.17) is 23.2 Å². The first-order valence-corrected chi connectivity index (χ1v) is 7.10. The van der Waals surface area contributed by atoms with Gasteiger partial charge in [-0.1, -0.05) is 35.3 Å². The van der Waals surface area contributed by atoms with Gasteiger partial charge in [0.1, 0.15) is 5.82 Å². The summed E-state index contributed by atoms with van der Waals surface area (Å²) < 4.78 is 0. The summed E-state index contributed by atoms with van der Waals surface area (Å²) in [4.78, 5) is 6.63. The number of benzene rings is 1. The molecule has 20 heavy (non-hydrogen) atoms. The average molecular weight is 310 g/mol. The summed E-state index contributed by atoms with van der Waals surface area (Å²) in [6.45, 7) is 1.48. The molecule has 0 bridgehead atoms. The van der Waals surface area contributed by atoms with Crippen molar-refractivity contribution in [2.24, 2.45) is 0 Å². The van der Waals surface area contributed by atoms with Crippen LogP contribution >= 0.6 is 23.2 Å². The summed E-state index contributed by atoms with van der Waals surface area (Å²) in [6.07, 6.45) is 0. The molecule has 0 unspecified atom stereocenters. The number of rotatable bonds is 5. The van der Waals surface area contributed by atoms with E-state index in [1.54, 1.807) is 0 Å². The van der Waals surface area contributed by atoms with Crippen molar-refractivity contribution < 1.29 is 0 Å². The zero-order valence-corrected chi connectivity index (χ0v) is 13.0. The van der Waals surface area contributed by atoms with Crippen molar-refractivity contribution in [1.29, 1.82) is 0 Å². The van der Waals surface area contributed by atoms with Gasteiger partial charge < -0.3 is 5.32 Å². The van der Waals surface area contributed by atoms with E-state index in [1.165, 1.54) is 5.56 Å². The fourth-order valence-electron chi connectivity index (χ4n) is 1.99. The van der Waals surface area contributed by atoms with Gasteiger partial charge >= 0.3 is 0 Å². The highest BCUT2D eigenvalue weighted by molar-refractivity contribution is 6.31. The van der Waals surface area contributed by atoms with Crippen LogP contribution in [0.2, 0.25) is 10.0 Å². The third-order valence-corrected chi connectivity index (χ3v) is 3.52. The lowest BCUT2D eigenvalue weighted by Gasteiger charge is -2.17. The Labute approximate surface area is 129 Å². The molecule has 3 nitrogen and oxygen atoms in total. The van der Waals surface area contributed by atoms with E-state index < -0.39 is 0 Å². The normalized spacial score (nSPS) is 10.8. The molecule has 5 heteroatoms. The largest absolute Gasteiger partial charge is 0.373 e. The molecule has 0 saturated heterocycles. The van der Waals surface area contributed by atoms with Crippen LogP contribution < -0.4 is 5.32 Å². The molecule has 0 aliphatic rings. The van der Waals surface area contributed by atoms with Crippen molar-refractivity contribution in [1.82, 2.24) is 9.88 Å². The van der Waals surface area contributed by atoms with Crippen LogP contribution in [0.3, 0.4) is 0 Å². The molecular weight excluding hydrogens is 293 g/mol. The molecule has 1 N–H and O–H groups in total. The molecule has 0 atom stereocenters. The number of hydrogen-bond acceptors (Lipinski definition) is 3. The monoisotopic (exact) mass is 309 g/mol. The number of aromatic nitrogens is 1. The minimum Gasteiger partial charge on any atom is -0.373 e. The zero-order chi connectivity index (χ0) is 14.5. The Morgan fingerprint density at radius 2 is 1.95 bits per heavy atom. The molecule has 1 heterocycles. The first kappa shape index (κ1) is 15.1. The van der Waals surface area contributed by atoms with Gasteiger partial charge in [-0.2, -0.15) is 0 Å². The second kappa shape index (κ2) is 6.93. The first-order valence-electron chi connectivity index (χ1n) is 6.34. The number of nitrogens with zero attached hydrogens (tertiary/aromatic N) is 2. The molecular formula is C15H17Cl2N3. The second-order valence-corrected chi connectivity index (χ2v) is 5.52. The maximum Gasteiger partial charge on any atom is 0.126 e. The molecule has 0 aliphatic carbocycles. The fraction of sp³-hybridized carbons (Fsp3) is 0.267. The average Bonchev–Trinajstić information content (AvgIpc) is 2.41. The molecule has 0 aliphatic heterocycles. The number of nitrogens with one attached hydrogen (secondary N) is 1. The maximum atomic E-state index is 6.19. The number of hydrogen-bond donors (Lipinski definition) is 1. The van der Waals surface area contributed by atoms with Crippen molar-refractivity contribution in [3.8, 4) is 0 Å². The molecule has 0 spiro atoms.